The molecule has 2 fully saturated rings. The molecular weight excluding hydrogens is 204 g/mol. The summed E-state index contributed by atoms with van der Waals surface area (Å²) < 4.78 is 0. The SMILES string of the molecule is CC1CCC(C(=O)O)(N2CCC(N)C2)CC1. The maximum Gasteiger partial charge on any atom is 0.324 e. The molecule has 4 heteroatoms. The number of carbonyl (C=O) groups is 1. The zero-order chi connectivity index (χ0) is 11.8. The first-order valence-electron chi connectivity index (χ1n) is 6.28. The van der Waals surface area contributed by atoms with Crippen LogP contribution in [0.3, 0.4) is 0 Å². The molecule has 0 aromatic heterocycles. The van der Waals surface area contributed by atoms with E-state index < -0.39 is 11.5 Å². The highest BCUT2D eigenvalue weighted by Crippen LogP contribution is 2.38. The molecule has 1 heterocycles. The van der Waals surface area contributed by atoms with Crippen molar-refractivity contribution >= 4 is 5.97 Å². The van der Waals surface area contributed by atoms with Gasteiger partial charge in [-0.25, -0.2) is 0 Å². The molecule has 3 N–H and O–H groups in total. The van der Waals surface area contributed by atoms with Gasteiger partial charge in [0.15, 0.2) is 0 Å². The Hall–Kier alpha value is -0.610. The van der Waals surface area contributed by atoms with Crippen molar-refractivity contribution in [1.29, 1.82) is 0 Å². The second-order valence-corrected chi connectivity index (χ2v) is 5.51. The van der Waals surface area contributed by atoms with Gasteiger partial charge in [-0.3, -0.25) is 9.69 Å². The summed E-state index contributed by atoms with van der Waals surface area (Å²) in [5.41, 5.74) is 5.27. The van der Waals surface area contributed by atoms with Gasteiger partial charge in [-0.1, -0.05) is 6.92 Å². The molecule has 0 spiro atoms. The summed E-state index contributed by atoms with van der Waals surface area (Å²) in [4.78, 5) is 13.7. The van der Waals surface area contributed by atoms with E-state index in [0.717, 1.165) is 45.2 Å². The van der Waals surface area contributed by atoms with E-state index in [1.807, 2.05) is 0 Å². The van der Waals surface area contributed by atoms with E-state index in [4.69, 9.17) is 5.73 Å². The molecule has 1 aliphatic heterocycles. The van der Waals surface area contributed by atoms with Crippen LogP contribution in [0.2, 0.25) is 0 Å². The predicted molar refractivity (Wildman–Crippen MR) is 62.2 cm³/mol. The van der Waals surface area contributed by atoms with E-state index in [-0.39, 0.29) is 6.04 Å². The molecule has 4 nitrogen and oxygen atoms in total. The average Bonchev–Trinajstić information content (AvgIpc) is 2.66. The second kappa shape index (κ2) is 4.34. The molecule has 0 amide bonds. The lowest BCUT2D eigenvalue weighted by Crippen LogP contribution is -2.56. The Bertz CT molecular complexity index is 272. The topological polar surface area (TPSA) is 66.6 Å². The van der Waals surface area contributed by atoms with Gasteiger partial charge in [-0.05, 0) is 38.0 Å². The van der Waals surface area contributed by atoms with Crippen LogP contribution in [0.5, 0.6) is 0 Å². The van der Waals surface area contributed by atoms with Crippen LogP contribution in [0.15, 0.2) is 0 Å². The molecule has 1 aliphatic carbocycles. The number of rotatable bonds is 2. The van der Waals surface area contributed by atoms with E-state index in [2.05, 4.69) is 11.8 Å². The fourth-order valence-electron chi connectivity index (χ4n) is 3.08. The number of nitrogens with zero attached hydrogens (tertiary/aromatic N) is 1. The summed E-state index contributed by atoms with van der Waals surface area (Å²) in [6.45, 7) is 3.81. The van der Waals surface area contributed by atoms with Crippen molar-refractivity contribution in [2.75, 3.05) is 13.1 Å². The highest BCUT2D eigenvalue weighted by atomic mass is 16.4. The van der Waals surface area contributed by atoms with E-state index in [1.54, 1.807) is 0 Å². The third-order valence-electron chi connectivity index (χ3n) is 4.33. The standard InChI is InChI=1S/C12H22N2O2/c1-9-2-5-12(6-3-9,11(15)16)14-7-4-10(13)8-14/h9-10H,2-8,13H2,1H3,(H,15,16). The van der Waals surface area contributed by atoms with Gasteiger partial charge in [0.2, 0.25) is 0 Å². The van der Waals surface area contributed by atoms with Crippen LogP contribution in [0.25, 0.3) is 0 Å². The lowest BCUT2D eigenvalue weighted by molar-refractivity contribution is -0.154. The van der Waals surface area contributed by atoms with Crippen molar-refractivity contribution in [3.8, 4) is 0 Å². The lowest BCUT2D eigenvalue weighted by Gasteiger charge is -2.42. The van der Waals surface area contributed by atoms with Crippen LogP contribution in [0, 0.1) is 5.92 Å². The molecule has 16 heavy (non-hydrogen) atoms. The minimum atomic E-state index is -0.645. The first-order valence-corrected chi connectivity index (χ1v) is 6.28. The van der Waals surface area contributed by atoms with Gasteiger partial charge in [0.1, 0.15) is 5.54 Å². The van der Waals surface area contributed by atoms with Crippen LogP contribution in [0.1, 0.15) is 39.0 Å². The van der Waals surface area contributed by atoms with Crippen molar-refractivity contribution in [2.24, 2.45) is 11.7 Å². The van der Waals surface area contributed by atoms with Gasteiger partial charge < -0.3 is 10.8 Å². The van der Waals surface area contributed by atoms with Crippen molar-refractivity contribution in [1.82, 2.24) is 4.90 Å². The van der Waals surface area contributed by atoms with E-state index in [1.165, 1.54) is 0 Å². The summed E-state index contributed by atoms with van der Waals surface area (Å²) in [6.07, 6.45) is 4.56. The number of nitrogens with two attached hydrogens (primary N) is 1. The second-order valence-electron chi connectivity index (χ2n) is 5.51. The van der Waals surface area contributed by atoms with Crippen LogP contribution in [-0.2, 0) is 4.79 Å². The van der Waals surface area contributed by atoms with E-state index in [9.17, 15) is 9.90 Å². The highest BCUT2D eigenvalue weighted by Gasteiger charge is 2.47. The minimum absolute atomic E-state index is 0.163. The average molecular weight is 226 g/mol. The van der Waals surface area contributed by atoms with Gasteiger partial charge >= 0.3 is 5.97 Å². The molecule has 1 unspecified atom stereocenters. The molecule has 0 aromatic rings. The number of hydrogen-bond acceptors (Lipinski definition) is 3. The van der Waals surface area contributed by atoms with Gasteiger partial charge in [0, 0.05) is 19.1 Å². The first kappa shape index (κ1) is 11.9. The zero-order valence-corrected chi connectivity index (χ0v) is 9.98. The molecule has 1 saturated heterocycles. The van der Waals surface area contributed by atoms with Crippen LogP contribution >= 0.6 is 0 Å². The predicted octanol–water partition coefficient (Wildman–Crippen LogP) is 1.05. The summed E-state index contributed by atoms with van der Waals surface area (Å²) in [5.74, 6) is 0.0252. The Morgan fingerprint density at radius 3 is 2.44 bits per heavy atom. The van der Waals surface area contributed by atoms with Gasteiger partial charge in [0.05, 0.1) is 0 Å². The minimum Gasteiger partial charge on any atom is -0.480 e. The molecule has 0 radical (unpaired) electrons. The Kier molecular flexibility index (Phi) is 3.22. The van der Waals surface area contributed by atoms with Crippen molar-refractivity contribution in [3.63, 3.8) is 0 Å². The van der Waals surface area contributed by atoms with Crippen LogP contribution in [0.4, 0.5) is 0 Å². The van der Waals surface area contributed by atoms with Crippen molar-refractivity contribution < 1.29 is 9.90 Å². The Morgan fingerprint density at radius 2 is 2.00 bits per heavy atom. The fourth-order valence-corrected chi connectivity index (χ4v) is 3.08. The maximum atomic E-state index is 11.6. The number of hydrogen-bond donors (Lipinski definition) is 2. The molecule has 1 atom stereocenters. The molecule has 1 saturated carbocycles. The normalized spacial score (nSPS) is 41.1. The van der Waals surface area contributed by atoms with E-state index in [0.29, 0.717) is 5.92 Å². The quantitative estimate of drug-likeness (QED) is 0.738. The third-order valence-corrected chi connectivity index (χ3v) is 4.33. The Balaban J connectivity index is 2.13. The fraction of sp³-hybridized carbons (Fsp3) is 0.917. The number of aliphatic carboxylic acids is 1. The Labute approximate surface area is 96.8 Å². The Morgan fingerprint density at radius 1 is 1.38 bits per heavy atom. The van der Waals surface area contributed by atoms with Crippen LogP contribution in [-0.4, -0.2) is 40.6 Å². The van der Waals surface area contributed by atoms with Gasteiger partial charge in [0.25, 0.3) is 0 Å². The van der Waals surface area contributed by atoms with Crippen molar-refractivity contribution in [3.05, 3.63) is 0 Å². The van der Waals surface area contributed by atoms with E-state index >= 15 is 0 Å². The number of carboxylic acid groups (broad SMARTS) is 1. The molecule has 0 bridgehead atoms. The summed E-state index contributed by atoms with van der Waals surface area (Å²) in [7, 11) is 0. The molecule has 0 aromatic carbocycles. The summed E-state index contributed by atoms with van der Waals surface area (Å²) in [5, 5.41) is 9.54. The van der Waals surface area contributed by atoms with Crippen molar-refractivity contribution in [2.45, 2.75) is 50.6 Å². The molecule has 92 valence electrons. The summed E-state index contributed by atoms with van der Waals surface area (Å²) in [6, 6.07) is 0.163. The van der Waals surface area contributed by atoms with Crippen LogP contribution < -0.4 is 5.73 Å². The number of carboxylic acids is 1. The zero-order valence-electron chi connectivity index (χ0n) is 9.98. The van der Waals surface area contributed by atoms with Gasteiger partial charge in [-0.15, -0.1) is 0 Å². The third kappa shape index (κ3) is 1.96. The lowest BCUT2D eigenvalue weighted by atomic mass is 9.76. The molecule has 2 aliphatic rings. The molecular formula is C12H22N2O2. The maximum absolute atomic E-state index is 11.6. The van der Waals surface area contributed by atoms with Gasteiger partial charge in [-0.2, -0.15) is 0 Å². The number of likely N-dealkylation sites (tertiary alicyclic amines) is 1. The first-order chi connectivity index (χ1) is 7.54. The smallest absolute Gasteiger partial charge is 0.324 e. The largest absolute Gasteiger partial charge is 0.480 e. The monoisotopic (exact) mass is 226 g/mol. The molecule has 2 rings (SSSR count). The summed E-state index contributed by atoms with van der Waals surface area (Å²) >= 11 is 0. The highest BCUT2D eigenvalue weighted by molar-refractivity contribution is 5.79.